The molecule has 6 aromatic rings. The third-order valence-electron chi connectivity index (χ3n) is 9.21. The number of H-pyrrole nitrogens is 2. The van der Waals surface area contributed by atoms with Gasteiger partial charge in [-0.2, -0.15) is 10.5 Å². The highest BCUT2D eigenvalue weighted by molar-refractivity contribution is 6.34. The van der Waals surface area contributed by atoms with Gasteiger partial charge in [0.05, 0.1) is 39.1 Å². The minimum atomic E-state index is -0.916. The second-order valence-electron chi connectivity index (χ2n) is 14.5. The van der Waals surface area contributed by atoms with Gasteiger partial charge in [-0.15, -0.1) is 0 Å². The van der Waals surface area contributed by atoms with E-state index in [1.165, 1.54) is 12.1 Å². The first-order valence-electron chi connectivity index (χ1n) is 17.8. The Bertz CT molecular complexity index is 2500. The summed E-state index contributed by atoms with van der Waals surface area (Å²) < 4.78 is 31.5. The number of hydrogen-bond acceptors (Lipinski definition) is 5. The van der Waals surface area contributed by atoms with Gasteiger partial charge in [0.15, 0.2) is 35.2 Å². The lowest BCUT2D eigenvalue weighted by Crippen LogP contribution is -2.42. The van der Waals surface area contributed by atoms with Crippen LogP contribution in [0.15, 0.2) is 85.5 Å². The largest absolute Gasteiger partial charge is 0.478 e. The van der Waals surface area contributed by atoms with Crippen LogP contribution in [0.2, 0.25) is 10.0 Å². The monoisotopic (exact) mass is 816 g/mol. The second kappa shape index (κ2) is 18.4. The molecule has 57 heavy (non-hydrogen) atoms. The highest BCUT2D eigenvalue weighted by Gasteiger charge is 2.26. The number of nitrogens with zero attached hydrogens (tertiary/aromatic N) is 4. The summed E-state index contributed by atoms with van der Waals surface area (Å²) in [5.41, 5.74) is 9.18. The fraction of sp³-hybridized carbons (Fsp3) is 0.286. The van der Waals surface area contributed by atoms with E-state index in [0.29, 0.717) is 26.7 Å². The first kappa shape index (κ1) is 43.9. The number of nitrogens with one attached hydrogen (secondary N) is 3. The van der Waals surface area contributed by atoms with Crippen molar-refractivity contribution in [3.63, 3.8) is 0 Å². The molecule has 2 atom stereocenters. The number of nitrogens with two attached hydrogens (primary N) is 1. The topological polar surface area (TPSA) is 179 Å². The van der Waals surface area contributed by atoms with Crippen molar-refractivity contribution in [1.82, 2.24) is 15.3 Å². The smallest absolute Gasteiger partial charge is 0.346 e. The standard InChI is InChI=1S/C21H20ClFN4O.C12H15FN2.C9H7ClN2O2/c1-13(14-7-8-15(17(23)9-14)21(2,3)11-24)26-19(28)10-27-12-25-18-6-4-5-16(22)20(18)27;1-8(15)9-4-5-10(11(13)6-9)12(2,3)7-14;10-6-2-1-3-7-9(6)12(5-11-7)4-8(13)14/h4-9,12-13H,10H2,1-3H3,(H,26,28);4-6,8H,15H2,1-3H3;1-3,5H,4H2,(H,13,14)/p+2. The van der Waals surface area contributed by atoms with Crippen molar-refractivity contribution in [2.24, 2.45) is 5.73 Å². The molecule has 0 radical (unpaired) electrons. The molecule has 4 aromatic carbocycles. The molecule has 0 saturated carbocycles. The number of aromatic amines is 2. The summed E-state index contributed by atoms with van der Waals surface area (Å²) in [7, 11) is 0. The number of amides is 1. The molecule has 6 N–H and O–H groups in total. The lowest BCUT2D eigenvalue weighted by atomic mass is 9.85. The maximum atomic E-state index is 14.5. The van der Waals surface area contributed by atoms with Crippen LogP contribution in [0.1, 0.15) is 75.9 Å². The zero-order chi connectivity index (χ0) is 42.2. The quantitative estimate of drug-likeness (QED) is 0.0931. The number of imidazole rings is 2. The summed E-state index contributed by atoms with van der Waals surface area (Å²) in [6.07, 6.45) is 3.30. The first-order valence-corrected chi connectivity index (χ1v) is 18.5. The van der Waals surface area contributed by atoms with Gasteiger partial charge in [0.25, 0.3) is 5.91 Å². The number of nitriles is 2. The number of carbonyl (C=O) groups excluding carboxylic acids is 1. The Kier molecular flexibility index (Phi) is 14.2. The van der Waals surface area contributed by atoms with Crippen molar-refractivity contribution >= 4 is 57.1 Å². The Morgan fingerprint density at radius 1 is 0.789 bits per heavy atom. The van der Waals surface area contributed by atoms with Gasteiger partial charge in [-0.25, -0.2) is 32.7 Å². The van der Waals surface area contributed by atoms with Crippen LogP contribution in [-0.2, 0) is 33.5 Å². The molecule has 296 valence electrons. The molecule has 2 heterocycles. The van der Waals surface area contributed by atoms with Crippen LogP contribution in [0, 0.1) is 34.3 Å². The molecule has 6 rings (SSSR count). The van der Waals surface area contributed by atoms with E-state index in [4.69, 9.17) is 39.3 Å². The van der Waals surface area contributed by atoms with E-state index in [9.17, 15) is 23.6 Å². The van der Waals surface area contributed by atoms with E-state index in [2.05, 4.69) is 27.4 Å². The zero-order valence-electron chi connectivity index (χ0n) is 32.3. The number of fused-ring (bicyclic) bond motifs is 2. The number of halogens is 4. The van der Waals surface area contributed by atoms with Gasteiger partial charge >= 0.3 is 5.97 Å². The average molecular weight is 818 g/mol. The highest BCUT2D eigenvalue weighted by Crippen LogP contribution is 2.28. The number of carbonyl (C=O) groups is 2. The maximum absolute atomic E-state index is 14.5. The number of aliphatic carboxylic acids is 1. The number of benzene rings is 4. The van der Waals surface area contributed by atoms with E-state index >= 15 is 0 Å². The minimum absolute atomic E-state index is 0.0795. The predicted octanol–water partition coefficient (Wildman–Crippen LogP) is 7.77. The Morgan fingerprint density at radius 2 is 1.23 bits per heavy atom. The summed E-state index contributed by atoms with van der Waals surface area (Å²) in [6.45, 7) is 10.3. The molecule has 0 bridgehead atoms. The molecule has 15 heteroatoms. The van der Waals surface area contributed by atoms with Crippen molar-refractivity contribution in [3.05, 3.63) is 129 Å². The lowest BCUT2D eigenvalue weighted by Gasteiger charge is -2.19. The van der Waals surface area contributed by atoms with Crippen molar-refractivity contribution in [2.45, 2.75) is 77.5 Å². The molecular weight excluding hydrogens is 773 g/mol. The molecule has 0 aliphatic rings. The van der Waals surface area contributed by atoms with Crippen LogP contribution < -0.4 is 20.2 Å². The highest BCUT2D eigenvalue weighted by atomic mass is 35.5. The molecule has 11 nitrogen and oxygen atoms in total. The van der Waals surface area contributed by atoms with E-state index in [1.807, 2.05) is 24.3 Å². The SMILES string of the molecule is CC(N)c1ccc(C(C)(C)C#N)c(F)c1.CC(NC(=O)C[n+]1c[nH]c2cccc(Cl)c21)c1ccc(C(C)(C)C#N)c(F)c1.O=C(O)C[n+]1c[nH]c2cccc(Cl)c21. The second-order valence-corrected chi connectivity index (χ2v) is 15.3. The van der Waals surface area contributed by atoms with Gasteiger partial charge in [-0.3, -0.25) is 4.79 Å². The number of carboxylic acids is 1. The summed E-state index contributed by atoms with van der Waals surface area (Å²) in [5.74, 6) is -1.93. The van der Waals surface area contributed by atoms with Gasteiger partial charge in [0, 0.05) is 17.2 Å². The average Bonchev–Trinajstić information content (AvgIpc) is 3.76. The van der Waals surface area contributed by atoms with Crippen LogP contribution in [-0.4, -0.2) is 27.0 Å². The number of carboxylic acid groups (broad SMARTS) is 1. The zero-order valence-corrected chi connectivity index (χ0v) is 33.8. The molecule has 1 amide bonds. The first-order chi connectivity index (χ1) is 26.8. The van der Waals surface area contributed by atoms with E-state index in [-0.39, 0.29) is 36.9 Å². The molecule has 0 saturated heterocycles. The molecule has 2 aromatic heterocycles. The molecule has 2 unspecified atom stereocenters. The number of rotatable bonds is 9. The molecule has 0 aliphatic carbocycles. The van der Waals surface area contributed by atoms with Crippen LogP contribution >= 0.6 is 23.2 Å². The molecular formula is C42H44Cl2F2N8O3+2. The summed E-state index contributed by atoms with van der Waals surface area (Å²) >= 11 is 12.2. The minimum Gasteiger partial charge on any atom is -0.478 e. The Morgan fingerprint density at radius 3 is 1.65 bits per heavy atom. The number of hydrogen-bond donors (Lipinski definition) is 5. The normalized spacial score (nSPS) is 12.3. The lowest BCUT2D eigenvalue weighted by molar-refractivity contribution is -0.659. The van der Waals surface area contributed by atoms with Crippen LogP contribution in [0.4, 0.5) is 8.78 Å². The van der Waals surface area contributed by atoms with Crippen LogP contribution in [0.5, 0.6) is 0 Å². The summed E-state index contributed by atoms with van der Waals surface area (Å²) in [5, 5.41) is 30.7. The number of aromatic nitrogens is 4. The van der Waals surface area contributed by atoms with E-state index < -0.39 is 22.6 Å². The fourth-order valence-corrected chi connectivity index (χ4v) is 6.51. The number of para-hydroxylation sites is 2. The predicted molar refractivity (Wildman–Crippen MR) is 214 cm³/mol. The molecule has 0 aliphatic heterocycles. The Hall–Kier alpha value is -5.86. The third kappa shape index (κ3) is 10.7. The summed E-state index contributed by atoms with van der Waals surface area (Å²) in [4.78, 5) is 29.0. The van der Waals surface area contributed by atoms with E-state index in [1.54, 1.807) is 99.7 Å². The van der Waals surface area contributed by atoms with Gasteiger partial charge in [0.1, 0.15) is 11.6 Å². The summed E-state index contributed by atoms with van der Waals surface area (Å²) in [6, 6.07) is 24.0. The maximum Gasteiger partial charge on any atom is 0.346 e. The van der Waals surface area contributed by atoms with Crippen molar-refractivity contribution in [3.8, 4) is 12.1 Å². The Labute approximate surface area is 339 Å². The van der Waals surface area contributed by atoms with E-state index in [0.717, 1.165) is 27.6 Å². The van der Waals surface area contributed by atoms with Gasteiger partial charge in [-0.1, -0.05) is 59.6 Å². The van der Waals surface area contributed by atoms with Crippen molar-refractivity contribution in [2.75, 3.05) is 0 Å². The van der Waals surface area contributed by atoms with Gasteiger partial charge in [-0.05, 0) is 89.1 Å². The molecule has 0 fully saturated rings. The van der Waals surface area contributed by atoms with Crippen LogP contribution in [0.25, 0.3) is 22.1 Å². The molecule has 0 spiro atoms. The van der Waals surface area contributed by atoms with Gasteiger partial charge < -0.3 is 16.2 Å². The Balaban J connectivity index is 0.000000209. The van der Waals surface area contributed by atoms with Crippen LogP contribution in [0.3, 0.4) is 0 Å². The van der Waals surface area contributed by atoms with Gasteiger partial charge in [0.2, 0.25) is 12.7 Å². The third-order valence-corrected chi connectivity index (χ3v) is 9.82. The fourth-order valence-electron chi connectivity index (χ4n) is 5.94. The van der Waals surface area contributed by atoms with Crippen molar-refractivity contribution in [1.29, 1.82) is 10.5 Å². The van der Waals surface area contributed by atoms with Crippen molar-refractivity contribution < 1.29 is 32.6 Å².